The molecule has 0 radical (unpaired) electrons. The SMILES string of the molecule is CCOC(=O)c1cc(C(=O)Nc2ccccc2CC(N)=O)cc([N+](=O)[O-])c1. The van der Waals surface area contributed by atoms with Crippen molar-refractivity contribution in [3.8, 4) is 0 Å². The summed E-state index contributed by atoms with van der Waals surface area (Å²) in [6.07, 6.45) is -0.0839. The highest BCUT2D eigenvalue weighted by molar-refractivity contribution is 6.06. The van der Waals surface area contributed by atoms with E-state index in [9.17, 15) is 24.5 Å². The van der Waals surface area contributed by atoms with Gasteiger partial charge in [-0.1, -0.05) is 18.2 Å². The number of rotatable bonds is 7. The Kier molecular flexibility index (Phi) is 6.21. The van der Waals surface area contributed by atoms with Crippen LogP contribution in [0.4, 0.5) is 11.4 Å². The van der Waals surface area contributed by atoms with E-state index in [1.807, 2.05) is 0 Å². The van der Waals surface area contributed by atoms with Crippen molar-refractivity contribution < 1.29 is 24.0 Å². The van der Waals surface area contributed by atoms with Gasteiger partial charge in [0.2, 0.25) is 5.91 Å². The van der Waals surface area contributed by atoms with Gasteiger partial charge < -0.3 is 15.8 Å². The maximum absolute atomic E-state index is 12.6. The van der Waals surface area contributed by atoms with Crippen LogP contribution in [-0.4, -0.2) is 29.3 Å². The first kappa shape index (κ1) is 19.6. The molecule has 0 aliphatic rings. The van der Waals surface area contributed by atoms with E-state index in [4.69, 9.17) is 10.5 Å². The predicted molar refractivity (Wildman–Crippen MR) is 96.3 cm³/mol. The third-order valence-electron chi connectivity index (χ3n) is 3.53. The summed E-state index contributed by atoms with van der Waals surface area (Å²) in [4.78, 5) is 46.0. The van der Waals surface area contributed by atoms with Gasteiger partial charge in [-0.25, -0.2) is 4.79 Å². The van der Waals surface area contributed by atoms with Gasteiger partial charge >= 0.3 is 5.97 Å². The lowest BCUT2D eigenvalue weighted by atomic mass is 10.1. The summed E-state index contributed by atoms with van der Waals surface area (Å²) in [6, 6.07) is 9.82. The molecule has 0 aliphatic heterocycles. The van der Waals surface area contributed by atoms with Crippen LogP contribution in [0.25, 0.3) is 0 Å². The van der Waals surface area contributed by atoms with Crippen LogP contribution in [0.2, 0.25) is 0 Å². The minimum absolute atomic E-state index is 0.0839. The zero-order valence-electron chi connectivity index (χ0n) is 14.4. The fourth-order valence-electron chi connectivity index (χ4n) is 2.36. The second kappa shape index (κ2) is 8.56. The number of non-ortho nitro benzene ring substituents is 1. The van der Waals surface area contributed by atoms with Crippen LogP contribution in [0, 0.1) is 10.1 Å². The number of nitrogens with zero attached hydrogens (tertiary/aromatic N) is 1. The average molecular weight is 371 g/mol. The Morgan fingerprint density at radius 2 is 1.81 bits per heavy atom. The van der Waals surface area contributed by atoms with Crippen molar-refractivity contribution in [3.63, 3.8) is 0 Å². The topological polar surface area (TPSA) is 142 Å². The van der Waals surface area contributed by atoms with Crippen LogP contribution in [0.15, 0.2) is 42.5 Å². The molecule has 27 heavy (non-hydrogen) atoms. The van der Waals surface area contributed by atoms with Crippen LogP contribution in [0.3, 0.4) is 0 Å². The smallest absolute Gasteiger partial charge is 0.338 e. The molecule has 0 saturated heterocycles. The van der Waals surface area contributed by atoms with E-state index >= 15 is 0 Å². The monoisotopic (exact) mass is 371 g/mol. The molecule has 0 heterocycles. The van der Waals surface area contributed by atoms with E-state index in [1.165, 1.54) is 6.07 Å². The number of hydrogen-bond acceptors (Lipinski definition) is 6. The highest BCUT2D eigenvalue weighted by Gasteiger charge is 2.19. The largest absolute Gasteiger partial charge is 0.462 e. The van der Waals surface area contributed by atoms with Crippen molar-refractivity contribution in [1.82, 2.24) is 0 Å². The number of nitro groups is 1. The minimum atomic E-state index is -0.774. The van der Waals surface area contributed by atoms with Crippen molar-refractivity contribution in [2.75, 3.05) is 11.9 Å². The molecule has 140 valence electrons. The van der Waals surface area contributed by atoms with Crippen LogP contribution in [0.1, 0.15) is 33.2 Å². The maximum Gasteiger partial charge on any atom is 0.338 e. The van der Waals surface area contributed by atoms with Gasteiger partial charge in [-0.15, -0.1) is 0 Å². The third-order valence-corrected chi connectivity index (χ3v) is 3.53. The van der Waals surface area contributed by atoms with E-state index in [0.717, 1.165) is 12.1 Å². The Morgan fingerprint density at radius 3 is 2.44 bits per heavy atom. The number of carbonyl (C=O) groups is 3. The number of nitro benzene ring substituents is 1. The molecule has 0 saturated carbocycles. The molecule has 0 bridgehead atoms. The Labute approximate surface area is 154 Å². The highest BCUT2D eigenvalue weighted by Crippen LogP contribution is 2.21. The first-order valence-electron chi connectivity index (χ1n) is 7.96. The van der Waals surface area contributed by atoms with Crippen molar-refractivity contribution in [2.24, 2.45) is 5.73 Å². The first-order valence-corrected chi connectivity index (χ1v) is 7.96. The second-order valence-corrected chi connectivity index (χ2v) is 5.50. The molecule has 2 aromatic carbocycles. The molecule has 0 atom stereocenters. The van der Waals surface area contributed by atoms with Gasteiger partial charge in [-0.2, -0.15) is 0 Å². The highest BCUT2D eigenvalue weighted by atomic mass is 16.6. The molecule has 9 heteroatoms. The van der Waals surface area contributed by atoms with Crippen molar-refractivity contribution in [1.29, 1.82) is 0 Å². The zero-order chi connectivity index (χ0) is 20.0. The zero-order valence-corrected chi connectivity index (χ0v) is 14.4. The lowest BCUT2D eigenvalue weighted by Gasteiger charge is -2.11. The molecule has 0 fully saturated rings. The van der Waals surface area contributed by atoms with Gasteiger partial charge in [0, 0.05) is 23.4 Å². The van der Waals surface area contributed by atoms with Crippen molar-refractivity contribution >= 4 is 29.2 Å². The molecule has 0 spiro atoms. The van der Waals surface area contributed by atoms with Crippen molar-refractivity contribution in [3.05, 3.63) is 69.3 Å². The molecule has 2 amide bonds. The van der Waals surface area contributed by atoms with Gasteiger partial charge in [-0.05, 0) is 24.6 Å². The number of ether oxygens (including phenoxy) is 1. The fourth-order valence-corrected chi connectivity index (χ4v) is 2.36. The summed E-state index contributed by atoms with van der Waals surface area (Å²) < 4.78 is 4.83. The first-order chi connectivity index (χ1) is 12.8. The number of primary amides is 1. The number of benzene rings is 2. The number of esters is 1. The number of carbonyl (C=O) groups excluding carboxylic acids is 3. The van der Waals surface area contributed by atoms with E-state index < -0.39 is 28.4 Å². The van der Waals surface area contributed by atoms with Gasteiger partial charge in [0.1, 0.15) is 0 Å². The summed E-state index contributed by atoms with van der Waals surface area (Å²) in [5.41, 5.74) is 5.40. The number of nitrogens with one attached hydrogen (secondary N) is 1. The number of nitrogens with two attached hydrogens (primary N) is 1. The van der Waals surface area contributed by atoms with E-state index in [-0.39, 0.29) is 24.2 Å². The molecule has 0 aliphatic carbocycles. The molecule has 9 nitrogen and oxygen atoms in total. The molecule has 2 aromatic rings. The number of amides is 2. The minimum Gasteiger partial charge on any atom is -0.462 e. The predicted octanol–water partition coefficient (Wildman–Crippen LogP) is 2.05. The Morgan fingerprint density at radius 1 is 1.15 bits per heavy atom. The average Bonchev–Trinajstić information content (AvgIpc) is 2.62. The Hall–Kier alpha value is -3.75. The van der Waals surface area contributed by atoms with Crippen LogP contribution >= 0.6 is 0 Å². The summed E-state index contributed by atoms with van der Waals surface area (Å²) in [5, 5.41) is 13.7. The Bertz CT molecular complexity index is 910. The van der Waals surface area contributed by atoms with Gasteiger partial charge in [0.25, 0.3) is 11.6 Å². The van der Waals surface area contributed by atoms with Gasteiger partial charge in [-0.3, -0.25) is 19.7 Å². The Balaban J connectivity index is 2.37. The van der Waals surface area contributed by atoms with Gasteiger partial charge in [0.15, 0.2) is 0 Å². The van der Waals surface area contributed by atoms with E-state index in [0.29, 0.717) is 11.3 Å². The number of para-hydroxylation sites is 1. The normalized spacial score (nSPS) is 10.1. The summed E-state index contributed by atoms with van der Waals surface area (Å²) in [5.74, 6) is -2.03. The second-order valence-electron chi connectivity index (χ2n) is 5.50. The summed E-state index contributed by atoms with van der Waals surface area (Å²) >= 11 is 0. The number of hydrogen-bond donors (Lipinski definition) is 2. The van der Waals surface area contributed by atoms with E-state index in [1.54, 1.807) is 31.2 Å². The third kappa shape index (κ3) is 5.11. The standard InChI is InChI=1S/C18H17N3O6/c1-2-27-18(24)13-7-12(8-14(9-13)21(25)26)17(23)20-15-6-4-3-5-11(15)10-16(19)22/h3-9H,2,10H2,1H3,(H2,19,22)(H,20,23). The lowest BCUT2D eigenvalue weighted by molar-refractivity contribution is -0.384. The fraction of sp³-hybridized carbons (Fsp3) is 0.167. The lowest BCUT2D eigenvalue weighted by Crippen LogP contribution is -2.18. The van der Waals surface area contributed by atoms with E-state index in [2.05, 4.69) is 5.32 Å². The quantitative estimate of drug-likeness (QED) is 0.433. The van der Waals surface area contributed by atoms with Crippen LogP contribution in [0.5, 0.6) is 0 Å². The molecule has 2 rings (SSSR count). The summed E-state index contributed by atoms with van der Waals surface area (Å²) in [6.45, 7) is 1.68. The molecular weight excluding hydrogens is 354 g/mol. The van der Waals surface area contributed by atoms with Crippen LogP contribution < -0.4 is 11.1 Å². The molecule has 0 unspecified atom stereocenters. The van der Waals surface area contributed by atoms with Gasteiger partial charge in [0.05, 0.1) is 23.5 Å². The molecule has 3 N–H and O–H groups in total. The van der Waals surface area contributed by atoms with Crippen LogP contribution in [-0.2, 0) is 16.0 Å². The maximum atomic E-state index is 12.6. The summed E-state index contributed by atoms with van der Waals surface area (Å²) in [7, 11) is 0. The molecular formula is C18H17N3O6. The van der Waals surface area contributed by atoms with Crippen molar-refractivity contribution in [2.45, 2.75) is 13.3 Å². The number of anilines is 1. The molecule has 0 aromatic heterocycles.